The average Bonchev–Trinajstić information content (AvgIpc) is 1.83. The van der Waals surface area contributed by atoms with Crippen molar-refractivity contribution in [3.8, 4) is 0 Å². The zero-order chi connectivity index (χ0) is 6.41. The first-order chi connectivity index (χ1) is 3.81. The normalized spacial score (nSPS) is 12.8. The summed E-state index contributed by atoms with van der Waals surface area (Å²) < 4.78 is 0. The van der Waals surface area contributed by atoms with E-state index in [1.54, 1.807) is 0 Å². The van der Waals surface area contributed by atoms with Gasteiger partial charge in [-0.25, -0.2) is 15.5 Å². The molecule has 6 nitrogen and oxygen atoms in total. The highest BCUT2D eigenvalue weighted by Crippen LogP contribution is 1.44. The number of hydrogen-bond donors (Lipinski definition) is 2. The van der Waals surface area contributed by atoms with Crippen molar-refractivity contribution >= 4 is 0 Å². The predicted octanol–water partition coefficient (Wildman–Crippen LogP) is -1.84. The summed E-state index contributed by atoms with van der Waals surface area (Å²) in [6.07, 6.45) is 0. The highest BCUT2D eigenvalue weighted by atomic mass is 16.9. The van der Waals surface area contributed by atoms with Crippen molar-refractivity contribution in [1.82, 2.24) is 5.43 Å². The molecule has 1 atom stereocenters. The molecule has 0 aromatic carbocycles. The minimum absolute atomic E-state index is 0.167. The predicted molar refractivity (Wildman–Crippen MR) is 25.1 cm³/mol. The van der Waals surface area contributed by atoms with Gasteiger partial charge in [0, 0.05) is 0 Å². The Balaban J connectivity index is 2.97. The molecular formula is C2H7N3O3. The van der Waals surface area contributed by atoms with Gasteiger partial charge in [0.05, 0.1) is 12.4 Å². The summed E-state index contributed by atoms with van der Waals surface area (Å²) in [6, 6.07) is 0. The van der Waals surface area contributed by atoms with Gasteiger partial charge in [-0.05, 0) is 0 Å². The summed E-state index contributed by atoms with van der Waals surface area (Å²) in [7, 11) is 1.23. The van der Waals surface area contributed by atoms with Crippen LogP contribution in [0.2, 0.25) is 0 Å². The Kier molecular flexibility index (Phi) is 4.04. The first-order valence-electron chi connectivity index (χ1n) is 1.93. The van der Waals surface area contributed by atoms with E-state index in [4.69, 9.17) is 0 Å². The molecule has 0 spiro atoms. The molecule has 0 bridgehead atoms. The number of hydroxylamine groups is 2. The third-order valence-electron chi connectivity index (χ3n) is 0.516. The summed E-state index contributed by atoms with van der Waals surface area (Å²) in [6.45, 7) is -0.167. The Morgan fingerprint density at radius 1 is 2.00 bits per heavy atom. The first-order valence-corrected chi connectivity index (χ1v) is 1.93. The van der Waals surface area contributed by atoms with Gasteiger partial charge in [-0.1, -0.05) is 0 Å². The quantitative estimate of drug-likeness (QED) is 0.260. The molecule has 0 aromatic rings. The van der Waals surface area contributed by atoms with Crippen LogP contribution in [0.3, 0.4) is 0 Å². The van der Waals surface area contributed by atoms with Gasteiger partial charge in [0.1, 0.15) is 0 Å². The van der Waals surface area contributed by atoms with Gasteiger partial charge in [0.25, 0.3) is 0 Å². The van der Waals surface area contributed by atoms with Crippen LogP contribution in [0.1, 0.15) is 0 Å². The lowest BCUT2D eigenvalue weighted by Gasteiger charge is -2.14. The second-order valence-corrected chi connectivity index (χ2v) is 1.00. The lowest BCUT2D eigenvalue weighted by Crippen LogP contribution is -3.07. The summed E-state index contributed by atoms with van der Waals surface area (Å²) >= 11 is 0. The maximum absolute atomic E-state index is 10.1. The molecule has 0 rings (SSSR count). The van der Waals surface area contributed by atoms with Gasteiger partial charge in [0.2, 0.25) is 0 Å². The molecule has 0 fully saturated rings. The molecule has 48 valence electrons. The van der Waals surface area contributed by atoms with E-state index in [1.807, 2.05) is 5.43 Å². The first kappa shape index (κ1) is 7.28. The molecule has 0 saturated carbocycles. The van der Waals surface area contributed by atoms with E-state index in [-0.39, 0.29) is 6.67 Å². The minimum Gasteiger partial charge on any atom is -0.598 e. The van der Waals surface area contributed by atoms with Crippen molar-refractivity contribution in [1.29, 1.82) is 0 Å². The number of rotatable bonds is 4. The number of nitrogens with zero attached hydrogens (tertiary/aromatic N) is 1. The summed E-state index contributed by atoms with van der Waals surface area (Å²) in [5.74, 6) is 0. The lowest BCUT2D eigenvalue weighted by molar-refractivity contribution is -1.05. The van der Waals surface area contributed by atoms with Gasteiger partial charge in [0.15, 0.2) is 6.67 Å². The Hall–Kier alpha value is -0.720. The summed E-state index contributed by atoms with van der Waals surface area (Å²) in [4.78, 5) is 13.4. The average molecular weight is 121 g/mol. The molecule has 0 aliphatic heterocycles. The van der Waals surface area contributed by atoms with Crippen molar-refractivity contribution in [2.24, 2.45) is 5.29 Å². The van der Waals surface area contributed by atoms with Crippen molar-refractivity contribution in [2.45, 2.75) is 0 Å². The molecule has 0 aliphatic carbocycles. The third kappa shape index (κ3) is 3.47. The van der Waals surface area contributed by atoms with E-state index in [1.165, 1.54) is 7.11 Å². The maximum Gasteiger partial charge on any atom is 0.198 e. The molecule has 0 heterocycles. The summed E-state index contributed by atoms with van der Waals surface area (Å²) in [5, 5.41) is 11.8. The molecule has 2 N–H and O–H groups in total. The van der Waals surface area contributed by atoms with E-state index in [9.17, 15) is 10.1 Å². The summed E-state index contributed by atoms with van der Waals surface area (Å²) in [5.41, 5.74) is 1.89. The third-order valence-corrected chi connectivity index (χ3v) is 0.516. The maximum atomic E-state index is 10.1. The van der Waals surface area contributed by atoms with Gasteiger partial charge in [-0.15, -0.1) is 4.91 Å². The Bertz CT molecular complexity index is 67.5. The monoisotopic (exact) mass is 121 g/mol. The van der Waals surface area contributed by atoms with E-state index >= 15 is 0 Å². The van der Waals surface area contributed by atoms with E-state index < -0.39 is 5.23 Å². The minimum atomic E-state index is -0.510. The molecule has 0 amide bonds. The molecular weight excluding hydrogens is 114 g/mol. The van der Waals surface area contributed by atoms with Crippen LogP contribution in [-0.4, -0.2) is 13.8 Å². The van der Waals surface area contributed by atoms with Gasteiger partial charge >= 0.3 is 0 Å². The SMILES string of the molecule is CO[NH+]([O-])CNN=O. The van der Waals surface area contributed by atoms with Crippen LogP contribution < -0.4 is 10.7 Å². The van der Waals surface area contributed by atoms with E-state index in [0.29, 0.717) is 0 Å². The fourth-order valence-electron chi connectivity index (χ4n) is 0.169. The molecule has 6 heteroatoms. The van der Waals surface area contributed by atoms with E-state index in [2.05, 4.69) is 10.1 Å². The van der Waals surface area contributed by atoms with Crippen LogP contribution >= 0.6 is 0 Å². The standard InChI is InChI=1S/C2H7N3O3/c1-8-5(7)2-3-4-6/h5H,2H2,1H3,(H,3,6). The number of nitrogens with one attached hydrogen (secondary N) is 2. The van der Waals surface area contributed by atoms with Gasteiger partial charge < -0.3 is 5.21 Å². The Labute approximate surface area is 45.9 Å². The highest BCUT2D eigenvalue weighted by molar-refractivity contribution is 4.14. The molecule has 0 aromatic heterocycles. The van der Waals surface area contributed by atoms with Crippen LogP contribution in [0, 0.1) is 10.1 Å². The molecule has 0 radical (unpaired) electrons. The molecule has 0 saturated heterocycles. The topological polar surface area (TPSA) is 78.2 Å². The van der Waals surface area contributed by atoms with Crippen LogP contribution in [0.15, 0.2) is 5.29 Å². The van der Waals surface area contributed by atoms with Crippen LogP contribution in [0.4, 0.5) is 0 Å². The fourth-order valence-corrected chi connectivity index (χ4v) is 0.169. The van der Waals surface area contributed by atoms with E-state index in [0.717, 1.165) is 0 Å². The fraction of sp³-hybridized carbons (Fsp3) is 1.00. The Morgan fingerprint density at radius 2 is 2.62 bits per heavy atom. The second-order valence-electron chi connectivity index (χ2n) is 1.00. The van der Waals surface area contributed by atoms with Gasteiger partial charge in [-0.2, -0.15) is 0 Å². The van der Waals surface area contributed by atoms with Crippen LogP contribution in [0.5, 0.6) is 0 Å². The number of hydrogen-bond acceptors (Lipinski definition) is 4. The van der Waals surface area contributed by atoms with Crippen molar-refractivity contribution < 1.29 is 10.1 Å². The largest absolute Gasteiger partial charge is 0.598 e. The molecule has 1 unspecified atom stereocenters. The zero-order valence-corrected chi connectivity index (χ0v) is 4.38. The number of quaternary nitrogens is 1. The van der Waals surface area contributed by atoms with Crippen molar-refractivity contribution in [3.05, 3.63) is 10.1 Å². The van der Waals surface area contributed by atoms with Crippen LogP contribution in [0.25, 0.3) is 0 Å². The highest BCUT2D eigenvalue weighted by Gasteiger charge is 1.88. The van der Waals surface area contributed by atoms with Crippen molar-refractivity contribution in [2.75, 3.05) is 13.8 Å². The smallest absolute Gasteiger partial charge is 0.198 e. The van der Waals surface area contributed by atoms with Crippen LogP contribution in [-0.2, 0) is 4.84 Å². The second kappa shape index (κ2) is 4.44. The zero-order valence-electron chi connectivity index (χ0n) is 4.38. The molecule has 0 aliphatic rings. The number of nitroso groups, excluding NO2 is 1. The molecule has 8 heavy (non-hydrogen) atoms. The Morgan fingerprint density at radius 3 is 3.00 bits per heavy atom. The van der Waals surface area contributed by atoms with Gasteiger partial charge in [-0.3, -0.25) is 0 Å². The lowest BCUT2D eigenvalue weighted by atomic mass is 11.2. The van der Waals surface area contributed by atoms with Crippen molar-refractivity contribution in [3.63, 3.8) is 0 Å².